The van der Waals surface area contributed by atoms with Gasteiger partial charge in [0.15, 0.2) is 0 Å². The first-order valence-corrected chi connectivity index (χ1v) is 5.87. The number of carbonyl (C=O) groups is 1. The molecule has 2 aromatic rings. The number of aryl methyl sites for hydroxylation is 1. The molecular weight excluding hydrogens is 244 g/mol. The summed E-state index contributed by atoms with van der Waals surface area (Å²) in [6.45, 7) is 1.93. The predicted octanol–water partition coefficient (Wildman–Crippen LogP) is 4.08. The van der Waals surface area contributed by atoms with E-state index in [2.05, 4.69) is 0 Å². The standard InChI is InChI=1S/C12H9ClO2S/c1-7-2-3-8(6-9(7)13)10-4-5-11(16-10)12(14)15/h2-6H,1H3,(H,14,15). The van der Waals surface area contributed by atoms with Crippen LogP contribution in [0.1, 0.15) is 15.2 Å². The van der Waals surface area contributed by atoms with Gasteiger partial charge in [0.25, 0.3) is 0 Å². The smallest absolute Gasteiger partial charge is 0.345 e. The molecule has 2 rings (SSSR count). The second-order valence-electron chi connectivity index (χ2n) is 3.43. The maximum atomic E-state index is 10.8. The summed E-state index contributed by atoms with van der Waals surface area (Å²) in [5, 5.41) is 9.53. The van der Waals surface area contributed by atoms with Gasteiger partial charge in [-0.05, 0) is 36.2 Å². The topological polar surface area (TPSA) is 37.3 Å². The van der Waals surface area contributed by atoms with Crippen molar-refractivity contribution in [1.82, 2.24) is 0 Å². The van der Waals surface area contributed by atoms with E-state index in [0.29, 0.717) is 9.90 Å². The van der Waals surface area contributed by atoms with Crippen LogP contribution in [-0.4, -0.2) is 11.1 Å². The highest BCUT2D eigenvalue weighted by atomic mass is 35.5. The molecule has 0 aliphatic heterocycles. The lowest BCUT2D eigenvalue weighted by Crippen LogP contribution is -1.89. The Kier molecular flexibility index (Phi) is 2.99. The van der Waals surface area contributed by atoms with Gasteiger partial charge >= 0.3 is 5.97 Å². The fourth-order valence-electron chi connectivity index (χ4n) is 1.35. The minimum Gasteiger partial charge on any atom is -0.477 e. The maximum Gasteiger partial charge on any atom is 0.345 e. The molecule has 0 amide bonds. The molecule has 1 N–H and O–H groups in total. The van der Waals surface area contributed by atoms with E-state index in [-0.39, 0.29) is 0 Å². The normalized spacial score (nSPS) is 10.4. The van der Waals surface area contributed by atoms with E-state index in [4.69, 9.17) is 16.7 Å². The Hall–Kier alpha value is -1.32. The zero-order chi connectivity index (χ0) is 11.7. The lowest BCUT2D eigenvalue weighted by atomic mass is 10.1. The van der Waals surface area contributed by atoms with Crippen molar-refractivity contribution in [2.75, 3.05) is 0 Å². The van der Waals surface area contributed by atoms with Crippen molar-refractivity contribution in [2.45, 2.75) is 6.92 Å². The molecule has 1 aromatic heterocycles. The van der Waals surface area contributed by atoms with Crippen LogP contribution in [0.15, 0.2) is 30.3 Å². The van der Waals surface area contributed by atoms with Gasteiger partial charge in [0.05, 0.1) is 0 Å². The molecule has 2 nitrogen and oxygen atoms in total. The van der Waals surface area contributed by atoms with Crippen LogP contribution < -0.4 is 0 Å². The van der Waals surface area contributed by atoms with Crippen LogP contribution in [0.3, 0.4) is 0 Å². The van der Waals surface area contributed by atoms with Crippen LogP contribution in [0.4, 0.5) is 0 Å². The molecule has 4 heteroatoms. The van der Waals surface area contributed by atoms with Crippen molar-refractivity contribution < 1.29 is 9.90 Å². The van der Waals surface area contributed by atoms with Crippen molar-refractivity contribution in [1.29, 1.82) is 0 Å². The fraction of sp³-hybridized carbons (Fsp3) is 0.0833. The zero-order valence-corrected chi connectivity index (χ0v) is 10.1. The third-order valence-corrected chi connectivity index (χ3v) is 3.80. The molecule has 0 unspecified atom stereocenters. The molecule has 0 fully saturated rings. The zero-order valence-electron chi connectivity index (χ0n) is 8.53. The summed E-state index contributed by atoms with van der Waals surface area (Å²) >= 11 is 7.27. The molecule has 0 spiro atoms. The fourth-order valence-corrected chi connectivity index (χ4v) is 2.38. The van der Waals surface area contributed by atoms with Crippen LogP contribution >= 0.6 is 22.9 Å². The first-order valence-electron chi connectivity index (χ1n) is 4.67. The highest BCUT2D eigenvalue weighted by Crippen LogP contribution is 2.30. The molecule has 1 aromatic carbocycles. The first-order chi connectivity index (χ1) is 7.58. The van der Waals surface area contributed by atoms with E-state index in [0.717, 1.165) is 16.0 Å². The summed E-state index contributed by atoms with van der Waals surface area (Å²) < 4.78 is 0. The second kappa shape index (κ2) is 4.28. The minimum atomic E-state index is -0.894. The van der Waals surface area contributed by atoms with Gasteiger partial charge in [-0.25, -0.2) is 4.79 Å². The van der Waals surface area contributed by atoms with Crippen molar-refractivity contribution in [3.63, 3.8) is 0 Å². The minimum absolute atomic E-state index is 0.340. The Bertz CT molecular complexity index is 546. The number of aromatic carboxylic acids is 1. The number of carboxylic acid groups (broad SMARTS) is 1. The number of rotatable bonds is 2. The van der Waals surface area contributed by atoms with Crippen LogP contribution in [0, 0.1) is 6.92 Å². The second-order valence-corrected chi connectivity index (χ2v) is 4.92. The summed E-state index contributed by atoms with van der Waals surface area (Å²) in [6.07, 6.45) is 0. The first kappa shape index (κ1) is 11.2. The van der Waals surface area contributed by atoms with E-state index in [1.807, 2.05) is 25.1 Å². The Morgan fingerprint density at radius 1 is 1.31 bits per heavy atom. The number of benzene rings is 1. The molecule has 0 saturated carbocycles. The van der Waals surface area contributed by atoms with Gasteiger partial charge in [0.2, 0.25) is 0 Å². The van der Waals surface area contributed by atoms with Crippen LogP contribution in [-0.2, 0) is 0 Å². The number of carboxylic acids is 1. The number of hydrogen-bond donors (Lipinski definition) is 1. The number of halogens is 1. The molecule has 0 bridgehead atoms. The molecule has 1 heterocycles. The van der Waals surface area contributed by atoms with Gasteiger partial charge in [-0.3, -0.25) is 0 Å². The number of hydrogen-bond acceptors (Lipinski definition) is 2. The van der Waals surface area contributed by atoms with Gasteiger partial charge in [0.1, 0.15) is 4.88 Å². The summed E-state index contributed by atoms with van der Waals surface area (Å²) in [7, 11) is 0. The summed E-state index contributed by atoms with van der Waals surface area (Å²) in [5.74, 6) is -0.894. The van der Waals surface area contributed by atoms with Gasteiger partial charge in [-0.1, -0.05) is 23.7 Å². The molecule has 0 aliphatic rings. The average molecular weight is 253 g/mol. The highest BCUT2D eigenvalue weighted by Gasteiger charge is 2.08. The third-order valence-electron chi connectivity index (χ3n) is 2.27. The summed E-state index contributed by atoms with van der Waals surface area (Å²) in [6, 6.07) is 9.13. The van der Waals surface area contributed by atoms with E-state index in [1.54, 1.807) is 12.1 Å². The third kappa shape index (κ3) is 2.10. The molecule has 0 aliphatic carbocycles. The Morgan fingerprint density at radius 2 is 2.06 bits per heavy atom. The molecule has 82 valence electrons. The van der Waals surface area contributed by atoms with Crippen molar-refractivity contribution in [3.8, 4) is 10.4 Å². The predicted molar refractivity (Wildman–Crippen MR) is 66.5 cm³/mol. The van der Waals surface area contributed by atoms with E-state index < -0.39 is 5.97 Å². The van der Waals surface area contributed by atoms with Crippen LogP contribution in [0.25, 0.3) is 10.4 Å². The Balaban J connectivity index is 2.42. The van der Waals surface area contributed by atoms with E-state index >= 15 is 0 Å². The lowest BCUT2D eigenvalue weighted by molar-refractivity contribution is 0.0702. The SMILES string of the molecule is Cc1ccc(-c2ccc(C(=O)O)s2)cc1Cl. The molecular formula is C12H9ClO2S. The van der Waals surface area contributed by atoms with Crippen LogP contribution in [0.5, 0.6) is 0 Å². The monoisotopic (exact) mass is 252 g/mol. The molecule has 0 saturated heterocycles. The van der Waals surface area contributed by atoms with Gasteiger partial charge in [0, 0.05) is 9.90 Å². The molecule has 0 atom stereocenters. The summed E-state index contributed by atoms with van der Waals surface area (Å²) in [4.78, 5) is 12.0. The van der Waals surface area contributed by atoms with Crippen LogP contribution in [0.2, 0.25) is 5.02 Å². The van der Waals surface area contributed by atoms with Gasteiger partial charge in [-0.15, -0.1) is 11.3 Å². The van der Waals surface area contributed by atoms with E-state index in [9.17, 15) is 4.79 Å². The quantitative estimate of drug-likeness (QED) is 0.875. The van der Waals surface area contributed by atoms with Crippen molar-refractivity contribution in [3.05, 3.63) is 45.8 Å². The van der Waals surface area contributed by atoms with E-state index in [1.165, 1.54) is 11.3 Å². The Morgan fingerprint density at radius 3 is 2.62 bits per heavy atom. The lowest BCUT2D eigenvalue weighted by Gasteiger charge is -2.00. The summed E-state index contributed by atoms with van der Waals surface area (Å²) in [5.41, 5.74) is 1.97. The van der Waals surface area contributed by atoms with Gasteiger partial charge < -0.3 is 5.11 Å². The number of thiophene rings is 1. The van der Waals surface area contributed by atoms with Gasteiger partial charge in [-0.2, -0.15) is 0 Å². The maximum absolute atomic E-state index is 10.8. The molecule has 0 radical (unpaired) electrons. The van der Waals surface area contributed by atoms with Crippen molar-refractivity contribution in [2.24, 2.45) is 0 Å². The highest BCUT2D eigenvalue weighted by molar-refractivity contribution is 7.17. The van der Waals surface area contributed by atoms with Crippen molar-refractivity contribution >= 4 is 28.9 Å². The Labute approximate surface area is 102 Å². The largest absolute Gasteiger partial charge is 0.477 e. The molecule has 16 heavy (non-hydrogen) atoms. The average Bonchev–Trinajstić information content (AvgIpc) is 2.71.